The third kappa shape index (κ3) is 6.59. The van der Waals surface area contributed by atoms with E-state index in [-0.39, 0.29) is 35.6 Å². The van der Waals surface area contributed by atoms with Crippen LogP contribution in [0.1, 0.15) is 47.4 Å². The summed E-state index contributed by atoms with van der Waals surface area (Å²) in [5.74, 6) is -3.28. The van der Waals surface area contributed by atoms with E-state index in [9.17, 15) is 22.8 Å². The van der Waals surface area contributed by atoms with Gasteiger partial charge in [0.2, 0.25) is 0 Å². The first-order chi connectivity index (χ1) is 17.8. The highest BCUT2D eigenvalue weighted by Gasteiger charge is 2.29. The van der Waals surface area contributed by atoms with Crippen LogP contribution in [-0.2, 0) is 29.2 Å². The van der Waals surface area contributed by atoms with E-state index in [2.05, 4.69) is 15.3 Å². The quantitative estimate of drug-likeness (QED) is 0.280. The summed E-state index contributed by atoms with van der Waals surface area (Å²) in [4.78, 5) is 41.8. The highest BCUT2D eigenvalue weighted by atomic mass is 35.5. The predicted octanol–water partition coefficient (Wildman–Crippen LogP) is 0.982. The summed E-state index contributed by atoms with van der Waals surface area (Å²) in [5.41, 5.74) is 13.3. The number of rotatable bonds is 7. The van der Waals surface area contributed by atoms with Crippen molar-refractivity contribution in [3.05, 3.63) is 40.4 Å². The third-order valence-corrected chi connectivity index (χ3v) is 5.36. The van der Waals surface area contributed by atoms with Gasteiger partial charge in [0, 0.05) is 0 Å². The van der Waals surface area contributed by atoms with Gasteiger partial charge in [-0.25, -0.2) is 23.9 Å². The van der Waals surface area contributed by atoms with Crippen molar-refractivity contribution in [3.63, 3.8) is 0 Å². The number of hydrogen-bond acceptors (Lipinski definition) is 9. The Hall–Kier alpha value is -4.14. The number of aryl methyl sites for hydroxylation is 2. The first-order valence-corrected chi connectivity index (χ1v) is 11.5. The van der Waals surface area contributed by atoms with Gasteiger partial charge in [-0.05, 0) is 32.9 Å². The molecule has 0 bridgehead atoms. The lowest BCUT2D eigenvalue weighted by atomic mass is 10.2. The van der Waals surface area contributed by atoms with Gasteiger partial charge in [-0.15, -0.1) is 0 Å². The Morgan fingerprint density at radius 3 is 2.32 bits per heavy atom. The van der Waals surface area contributed by atoms with Crippen LogP contribution >= 0.6 is 11.6 Å². The molecule has 3 rings (SSSR count). The zero-order valence-electron chi connectivity index (χ0n) is 20.6. The van der Waals surface area contributed by atoms with Crippen LogP contribution in [0.4, 0.5) is 24.8 Å². The molecule has 16 heteroatoms. The van der Waals surface area contributed by atoms with Crippen molar-refractivity contribution in [2.75, 3.05) is 18.1 Å². The van der Waals surface area contributed by atoms with E-state index in [4.69, 9.17) is 37.7 Å². The second-order valence-corrected chi connectivity index (χ2v) is 7.76. The summed E-state index contributed by atoms with van der Waals surface area (Å²) < 4.78 is 40.8. The molecule has 0 atom stereocenters. The minimum atomic E-state index is -5.19. The Balaban J connectivity index is 0.000000638. The number of amides is 1. The van der Waals surface area contributed by atoms with Crippen molar-refractivity contribution < 1.29 is 42.0 Å². The van der Waals surface area contributed by atoms with Crippen molar-refractivity contribution in [2.24, 2.45) is 0 Å². The van der Waals surface area contributed by atoms with Gasteiger partial charge in [-0.1, -0.05) is 17.7 Å². The highest BCUT2D eigenvalue weighted by Crippen LogP contribution is 2.21. The summed E-state index contributed by atoms with van der Waals surface area (Å²) in [6.45, 7) is 7.40. The molecule has 0 saturated heterocycles. The minimum absolute atomic E-state index is 0.0443. The molecule has 2 heterocycles. The summed E-state index contributed by atoms with van der Waals surface area (Å²) in [5, 5.41) is 11.5. The van der Waals surface area contributed by atoms with E-state index in [1.165, 1.54) is 0 Å². The number of alkyl halides is 3. The average Bonchev–Trinajstić information content (AvgIpc) is 3.17. The average molecular weight is 560 g/mol. The van der Waals surface area contributed by atoms with Gasteiger partial charge in [-0.3, -0.25) is 4.79 Å². The number of halogens is 4. The second kappa shape index (κ2) is 12.4. The molecule has 38 heavy (non-hydrogen) atoms. The number of nitrogens with zero attached hydrogens (tertiary/aromatic N) is 4. The number of carboxylic acids is 1. The van der Waals surface area contributed by atoms with Crippen LogP contribution in [0.15, 0.2) is 18.2 Å². The number of carbonyl (C=O) groups excluding carboxylic acids is 3. The highest BCUT2D eigenvalue weighted by molar-refractivity contribution is 6.31. The van der Waals surface area contributed by atoms with Crippen LogP contribution in [-0.4, -0.2) is 45.2 Å². The SMILES string of the molecule is CCOC(=O)c1cccc2c1[n+](CC)c(CNC(=O)c1nc(Cl)c(N)nc1N)n2CC.O=C([O-])C(F)(F)F. The molecule has 0 saturated carbocycles. The topological polar surface area (TPSA) is 182 Å². The normalized spacial score (nSPS) is 11.0. The molecule has 5 N–H and O–H groups in total. The molecule has 3 aromatic rings. The van der Waals surface area contributed by atoms with Crippen molar-refractivity contribution in [3.8, 4) is 0 Å². The number of carbonyl (C=O) groups is 3. The molecule has 1 amide bonds. The van der Waals surface area contributed by atoms with Crippen molar-refractivity contribution >= 4 is 52.1 Å². The van der Waals surface area contributed by atoms with Gasteiger partial charge in [0.25, 0.3) is 11.7 Å². The molecule has 0 unspecified atom stereocenters. The number of nitrogens with two attached hydrogens (primary N) is 2. The molecule has 0 spiro atoms. The zero-order valence-corrected chi connectivity index (χ0v) is 21.3. The number of carboxylic acid groups (broad SMARTS) is 1. The summed E-state index contributed by atoms with van der Waals surface area (Å²) >= 11 is 5.88. The van der Waals surface area contributed by atoms with Gasteiger partial charge in [0.15, 0.2) is 33.5 Å². The number of hydrogen-bond donors (Lipinski definition) is 3. The predicted molar refractivity (Wildman–Crippen MR) is 128 cm³/mol. The minimum Gasteiger partial charge on any atom is -0.542 e. The summed E-state index contributed by atoms with van der Waals surface area (Å²) in [6, 6.07) is 5.49. The van der Waals surface area contributed by atoms with E-state index in [0.29, 0.717) is 18.7 Å². The number of anilines is 2. The standard InChI is InChI=1S/C20H24ClN7O3.C2HF3O2/c1-4-27-12-9-7-8-11(20(30)31-6-3)15(12)28(5-2)13(27)10-24-19(29)14-17(22)26-18(23)16(21)25-14;3-2(4,5)1(6)7/h7-9H,4-6,10H2,1-3H3,(H4-,22,23,24,26,29);(H,6,7). The van der Waals surface area contributed by atoms with Gasteiger partial charge in [0.1, 0.15) is 18.1 Å². The number of aliphatic carboxylic acids is 1. The van der Waals surface area contributed by atoms with Crippen LogP contribution in [0.3, 0.4) is 0 Å². The lowest BCUT2D eigenvalue weighted by Crippen LogP contribution is -2.41. The zero-order chi connectivity index (χ0) is 28.8. The molecular weight excluding hydrogens is 535 g/mol. The molecule has 0 aliphatic carbocycles. The molecule has 0 fully saturated rings. The van der Waals surface area contributed by atoms with Gasteiger partial charge >= 0.3 is 12.1 Å². The fourth-order valence-corrected chi connectivity index (χ4v) is 3.68. The number of aromatic nitrogens is 4. The van der Waals surface area contributed by atoms with E-state index in [0.717, 1.165) is 16.9 Å². The Bertz CT molecular complexity index is 1360. The number of benzene rings is 1. The maximum Gasteiger partial charge on any atom is 0.430 e. The molecule has 1 aromatic carbocycles. The van der Waals surface area contributed by atoms with Crippen LogP contribution in [0, 0.1) is 0 Å². The smallest absolute Gasteiger partial charge is 0.430 e. The van der Waals surface area contributed by atoms with Crippen LogP contribution in [0.2, 0.25) is 5.15 Å². The first-order valence-electron chi connectivity index (χ1n) is 11.1. The Morgan fingerprint density at radius 1 is 1.16 bits per heavy atom. The fraction of sp³-hybridized carbons (Fsp3) is 0.364. The summed E-state index contributed by atoms with van der Waals surface area (Å²) in [7, 11) is 0. The van der Waals surface area contributed by atoms with Crippen LogP contribution in [0.5, 0.6) is 0 Å². The number of nitrogen functional groups attached to an aromatic ring is 2. The number of imidazole rings is 1. The molecule has 206 valence electrons. The maximum atomic E-state index is 12.7. The molecule has 12 nitrogen and oxygen atoms in total. The Labute approximate surface area is 219 Å². The fourth-order valence-electron chi connectivity index (χ4n) is 3.56. The van der Waals surface area contributed by atoms with Crippen molar-refractivity contribution in [1.82, 2.24) is 19.9 Å². The number of nitrogens with one attached hydrogen (secondary N) is 1. The third-order valence-electron chi connectivity index (χ3n) is 5.08. The molecule has 0 radical (unpaired) electrons. The molecule has 2 aromatic heterocycles. The lowest BCUT2D eigenvalue weighted by molar-refractivity contribution is -0.676. The maximum absolute atomic E-state index is 12.7. The second-order valence-electron chi connectivity index (χ2n) is 7.40. The Morgan fingerprint density at radius 2 is 1.79 bits per heavy atom. The number of para-hydroxylation sites is 1. The largest absolute Gasteiger partial charge is 0.542 e. The van der Waals surface area contributed by atoms with Crippen molar-refractivity contribution in [2.45, 2.75) is 46.6 Å². The monoisotopic (exact) mass is 559 g/mol. The van der Waals surface area contributed by atoms with Gasteiger partial charge in [0.05, 0.1) is 19.7 Å². The number of ether oxygens (including phenoxy) is 1. The van der Waals surface area contributed by atoms with E-state index >= 15 is 0 Å². The van der Waals surface area contributed by atoms with Crippen LogP contribution in [0.25, 0.3) is 11.0 Å². The summed E-state index contributed by atoms with van der Waals surface area (Å²) in [6.07, 6.45) is -5.19. The number of fused-ring (bicyclic) bond motifs is 1. The first kappa shape index (κ1) is 30.1. The molecule has 0 aliphatic heterocycles. The van der Waals surface area contributed by atoms with Crippen LogP contribution < -0.4 is 26.5 Å². The van der Waals surface area contributed by atoms with E-state index in [1.807, 2.05) is 35.1 Å². The van der Waals surface area contributed by atoms with Gasteiger partial charge in [-0.2, -0.15) is 13.2 Å². The lowest BCUT2D eigenvalue weighted by Gasteiger charge is -2.08. The number of esters is 1. The molecule has 0 aliphatic rings. The van der Waals surface area contributed by atoms with Gasteiger partial charge < -0.3 is 31.4 Å². The molecular formula is C22H25ClF3N7O5. The Kier molecular flexibility index (Phi) is 9.82. The van der Waals surface area contributed by atoms with Crippen molar-refractivity contribution in [1.29, 1.82) is 0 Å². The van der Waals surface area contributed by atoms with E-state index < -0.39 is 24.0 Å². The van der Waals surface area contributed by atoms with E-state index in [1.54, 1.807) is 13.0 Å².